The Bertz CT molecular complexity index is 357. The van der Waals surface area contributed by atoms with Crippen molar-refractivity contribution >= 4 is 11.6 Å². The van der Waals surface area contributed by atoms with Crippen LogP contribution in [0.1, 0.15) is 20.8 Å². The van der Waals surface area contributed by atoms with Gasteiger partial charge in [-0.15, -0.1) is 0 Å². The topological polar surface area (TPSA) is 41.5 Å². The van der Waals surface area contributed by atoms with E-state index in [0.29, 0.717) is 29.3 Å². The average Bonchev–Trinajstić information content (AvgIpc) is 2.33. The highest BCUT2D eigenvalue weighted by Crippen LogP contribution is 2.17. The number of hydrogen-bond donors (Lipinski definition) is 2. The van der Waals surface area contributed by atoms with Gasteiger partial charge in [-0.25, -0.2) is 0 Å². The smallest absolute Gasteiger partial charge is 0.120 e. The minimum absolute atomic E-state index is 0.262. The lowest BCUT2D eigenvalue weighted by Gasteiger charge is -2.20. The zero-order valence-corrected chi connectivity index (χ0v) is 11.9. The van der Waals surface area contributed by atoms with Crippen molar-refractivity contribution in [2.45, 2.75) is 32.9 Å². The molecule has 0 spiro atoms. The van der Waals surface area contributed by atoms with Crippen LogP contribution >= 0.6 is 11.6 Å². The van der Waals surface area contributed by atoms with Crippen LogP contribution in [-0.4, -0.2) is 30.4 Å². The molecule has 1 aromatic carbocycles. The standard InChI is InChI=1S/C14H22ClNO2/c1-10(2)11(3)16-8-13(17)9-18-14-6-4-5-12(15)7-14/h4-7,10-11,13,16-17H,8-9H2,1-3H3. The molecule has 0 aromatic heterocycles. The molecule has 0 aliphatic rings. The monoisotopic (exact) mass is 271 g/mol. The fourth-order valence-electron chi connectivity index (χ4n) is 1.37. The molecule has 0 aliphatic carbocycles. The van der Waals surface area contributed by atoms with Crippen LogP contribution in [0.4, 0.5) is 0 Å². The van der Waals surface area contributed by atoms with Crippen LogP contribution in [0.2, 0.25) is 5.02 Å². The summed E-state index contributed by atoms with van der Waals surface area (Å²) < 4.78 is 5.47. The molecular formula is C14H22ClNO2. The number of aliphatic hydroxyl groups is 1. The highest BCUT2D eigenvalue weighted by Gasteiger charge is 2.10. The molecule has 18 heavy (non-hydrogen) atoms. The van der Waals surface area contributed by atoms with Crippen LogP contribution in [0.15, 0.2) is 24.3 Å². The first-order valence-electron chi connectivity index (χ1n) is 6.29. The molecule has 0 saturated heterocycles. The third kappa shape index (κ3) is 5.71. The van der Waals surface area contributed by atoms with Crippen LogP contribution in [0.5, 0.6) is 5.75 Å². The van der Waals surface area contributed by atoms with Gasteiger partial charge in [-0.3, -0.25) is 0 Å². The summed E-state index contributed by atoms with van der Waals surface area (Å²) in [4.78, 5) is 0. The highest BCUT2D eigenvalue weighted by atomic mass is 35.5. The fourth-order valence-corrected chi connectivity index (χ4v) is 1.55. The average molecular weight is 272 g/mol. The Labute approximate surface area is 114 Å². The second kappa shape index (κ2) is 7.62. The van der Waals surface area contributed by atoms with Crippen molar-refractivity contribution in [3.8, 4) is 5.75 Å². The Morgan fingerprint density at radius 3 is 2.67 bits per heavy atom. The van der Waals surface area contributed by atoms with Crippen molar-refractivity contribution in [1.29, 1.82) is 0 Å². The van der Waals surface area contributed by atoms with Crippen LogP contribution in [0.25, 0.3) is 0 Å². The van der Waals surface area contributed by atoms with Crippen molar-refractivity contribution in [2.75, 3.05) is 13.2 Å². The minimum Gasteiger partial charge on any atom is -0.491 e. The van der Waals surface area contributed by atoms with E-state index in [4.69, 9.17) is 16.3 Å². The van der Waals surface area contributed by atoms with Gasteiger partial charge in [0.25, 0.3) is 0 Å². The third-order valence-corrected chi connectivity index (χ3v) is 3.15. The molecule has 0 saturated carbocycles. The van der Waals surface area contributed by atoms with Gasteiger partial charge in [0.1, 0.15) is 18.5 Å². The van der Waals surface area contributed by atoms with Crippen molar-refractivity contribution in [2.24, 2.45) is 5.92 Å². The normalized spacial score (nSPS) is 14.6. The lowest BCUT2D eigenvalue weighted by atomic mass is 10.1. The predicted octanol–water partition coefficient (Wildman–Crippen LogP) is 2.71. The van der Waals surface area contributed by atoms with E-state index in [1.807, 2.05) is 12.1 Å². The van der Waals surface area contributed by atoms with Crippen molar-refractivity contribution in [3.63, 3.8) is 0 Å². The number of rotatable bonds is 7. The predicted molar refractivity (Wildman–Crippen MR) is 75.3 cm³/mol. The van der Waals surface area contributed by atoms with E-state index in [-0.39, 0.29) is 6.61 Å². The molecule has 0 fully saturated rings. The van der Waals surface area contributed by atoms with E-state index < -0.39 is 6.10 Å². The van der Waals surface area contributed by atoms with Crippen LogP contribution in [-0.2, 0) is 0 Å². The lowest BCUT2D eigenvalue weighted by Crippen LogP contribution is -2.38. The van der Waals surface area contributed by atoms with Gasteiger partial charge < -0.3 is 15.2 Å². The maximum atomic E-state index is 9.79. The Morgan fingerprint density at radius 1 is 1.33 bits per heavy atom. The molecule has 0 amide bonds. The Morgan fingerprint density at radius 2 is 2.06 bits per heavy atom. The first-order valence-corrected chi connectivity index (χ1v) is 6.66. The molecule has 0 radical (unpaired) electrons. The maximum Gasteiger partial charge on any atom is 0.120 e. The van der Waals surface area contributed by atoms with Gasteiger partial charge in [-0.2, -0.15) is 0 Å². The van der Waals surface area contributed by atoms with E-state index in [9.17, 15) is 5.11 Å². The number of benzene rings is 1. The van der Waals surface area contributed by atoms with Crippen LogP contribution in [0.3, 0.4) is 0 Å². The summed E-state index contributed by atoms with van der Waals surface area (Å²) in [5.41, 5.74) is 0. The molecule has 102 valence electrons. The number of ether oxygens (including phenoxy) is 1. The first-order chi connectivity index (χ1) is 8.49. The summed E-state index contributed by atoms with van der Waals surface area (Å²) in [6.07, 6.45) is -0.523. The zero-order chi connectivity index (χ0) is 13.5. The molecule has 1 aromatic rings. The molecule has 0 heterocycles. The van der Waals surface area contributed by atoms with E-state index in [2.05, 4.69) is 26.1 Å². The number of hydrogen-bond acceptors (Lipinski definition) is 3. The van der Waals surface area contributed by atoms with Gasteiger partial charge in [-0.1, -0.05) is 31.5 Å². The molecule has 3 nitrogen and oxygen atoms in total. The molecule has 2 N–H and O–H groups in total. The van der Waals surface area contributed by atoms with Gasteiger partial charge >= 0.3 is 0 Å². The summed E-state index contributed by atoms with van der Waals surface area (Å²) >= 11 is 5.84. The largest absolute Gasteiger partial charge is 0.491 e. The SMILES string of the molecule is CC(C)C(C)NCC(O)COc1cccc(Cl)c1. The summed E-state index contributed by atoms with van der Waals surface area (Å²) in [7, 11) is 0. The molecule has 1 rings (SSSR count). The fraction of sp³-hybridized carbons (Fsp3) is 0.571. The lowest BCUT2D eigenvalue weighted by molar-refractivity contribution is 0.102. The Balaban J connectivity index is 2.27. The summed E-state index contributed by atoms with van der Waals surface area (Å²) in [6.45, 7) is 7.19. The Hall–Kier alpha value is -0.770. The second-order valence-corrected chi connectivity index (χ2v) is 5.30. The molecule has 0 aliphatic heterocycles. The first kappa shape index (κ1) is 15.3. The number of halogens is 1. The van der Waals surface area contributed by atoms with Crippen molar-refractivity contribution in [3.05, 3.63) is 29.3 Å². The Kier molecular flexibility index (Phi) is 6.47. The summed E-state index contributed by atoms with van der Waals surface area (Å²) in [5, 5.41) is 13.7. The van der Waals surface area contributed by atoms with Gasteiger partial charge in [0.2, 0.25) is 0 Å². The molecule has 0 bridgehead atoms. The van der Waals surface area contributed by atoms with E-state index in [1.165, 1.54) is 0 Å². The number of nitrogens with one attached hydrogen (secondary N) is 1. The van der Waals surface area contributed by atoms with Gasteiger partial charge in [-0.05, 0) is 31.0 Å². The summed E-state index contributed by atoms with van der Waals surface area (Å²) in [6, 6.07) is 7.55. The molecule has 4 heteroatoms. The quantitative estimate of drug-likeness (QED) is 0.801. The molecular weight excluding hydrogens is 250 g/mol. The van der Waals surface area contributed by atoms with E-state index in [0.717, 1.165) is 0 Å². The highest BCUT2D eigenvalue weighted by molar-refractivity contribution is 6.30. The summed E-state index contributed by atoms with van der Waals surface area (Å²) in [5.74, 6) is 1.23. The third-order valence-electron chi connectivity index (χ3n) is 2.91. The maximum absolute atomic E-state index is 9.79. The van der Waals surface area contributed by atoms with Crippen molar-refractivity contribution in [1.82, 2.24) is 5.32 Å². The molecule has 2 atom stereocenters. The number of aliphatic hydroxyl groups excluding tert-OH is 1. The van der Waals surface area contributed by atoms with Crippen molar-refractivity contribution < 1.29 is 9.84 Å². The van der Waals surface area contributed by atoms with Crippen LogP contribution < -0.4 is 10.1 Å². The van der Waals surface area contributed by atoms with Crippen LogP contribution in [0, 0.1) is 5.92 Å². The van der Waals surface area contributed by atoms with E-state index >= 15 is 0 Å². The van der Waals surface area contributed by atoms with E-state index in [1.54, 1.807) is 12.1 Å². The van der Waals surface area contributed by atoms with Gasteiger partial charge in [0, 0.05) is 17.6 Å². The molecule has 2 unspecified atom stereocenters. The zero-order valence-electron chi connectivity index (χ0n) is 11.2. The minimum atomic E-state index is -0.523. The van der Waals surface area contributed by atoms with Gasteiger partial charge in [0.15, 0.2) is 0 Å². The second-order valence-electron chi connectivity index (χ2n) is 4.86. The van der Waals surface area contributed by atoms with Gasteiger partial charge in [0.05, 0.1) is 0 Å².